The van der Waals surface area contributed by atoms with Crippen LogP contribution in [0.25, 0.3) is 0 Å². The van der Waals surface area contributed by atoms with Gasteiger partial charge in [-0.2, -0.15) is 0 Å². The summed E-state index contributed by atoms with van der Waals surface area (Å²) in [7, 11) is 0. The van der Waals surface area contributed by atoms with Crippen LogP contribution in [-0.2, 0) is 16.0 Å². The lowest BCUT2D eigenvalue weighted by Gasteiger charge is -2.26. The first kappa shape index (κ1) is 28.8. The van der Waals surface area contributed by atoms with E-state index < -0.39 is 9.84 Å². The maximum atomic E-state index is 12.9. The molecule has 1 fully saturated rings. The monoisotopic (exact) mass is 806 g/mol. The molecule has 3 rings (SSSR count). The second-order valence-corrected chi connectivity index (χ2v) is 12.8. The molecule has 35 heavy (non-hydrogen) atoms. The third-order valence-electron chi connectivity index (χ3n) is 6.53. The Labute approximate surface area is 249 Å². The minimum atomic E-state index is -0.896. The quantitative estimate of drug-likeness (QED) is 0.0886. The number of rotatable bonds is 9. The minimum absolute atomic E-state index is 0.206. The molecule has 0 radical (unpaired) electrons. The lowest BCUT2D eigenvalue weighted by atomic mass is 9.85. The summed E-state index contributed by atoms with van der Waals surface area (Å²) in [5.41, 5.74) is 3.62. The second kappa shape index (κ2) is 14.2. The van der Waals surface area contributed by atoms with Gasteiger partial charge < -0.3 is 0 Å². The van der Waals surface area contributed by atoms with Crippen molar-refractivity contribution in [3.05, 3.63) is 70.8 Å². The Kier molecular flexibility index (Phi) is 11.7. The van der Waals surface area contributed by atoms with E-state index in [-0.39, 0.29) is 21.8 Å². The van der Waals surface area contributed by atoms with E-state index in [1.807, 2.05) is 57.3 Å². The summed E-state index contributed by atoms with van der Waals surface area (Å²) >= 11 is 6.49. The number of carbonyl (C=O) groups is 3. The molecule has 3 nitrogen and oxygen atoms in total. The third-order valence-corrected chi connectivity index (χ3v) is 10.0. The van der Waals surface area contributed by atoms with Crippen molar-refractivity contribution in [3.63, 3.8) is 0 Å². The molecule has 184 valence electrons. The van der Waals surface area contributed by atoms with Crippen molar-refractivity contribution in [2.45, 2.75) is 53.3 Å². The highest BCUT2D eigenvalue weighted by atomic mass is 127. The molecule has 6 heteroatoms. The zero-order valence-electron chi connectivity index (χ0n) is 19.7. The van der Waals surface area contributed by atoms with Gasteiger partial charge in [-0.3, -0.25) is 14.4 Å². The maximum Gasteiger partial charge on any atom is 0.176 e. The number of ketones is 3. The number of carbonyl (C=O) groups excluding carboxylic acids is 3. The Hall–Kier alpha value is -0.800. The first-order valence-corrected chi connectivity index (χ1v) is 15.9. The smallest absolute Gasteiger partial charge is 0.176 e. The topological polar surface area (TPSA) is 51.2 Å². The highest BCUT2D eigenvalue weighted by Gasteiger charge is 2.34. The zero-order chi connectivity index (χ0) is 25.4. The van der Waals surface area contributed by atoms with Crippen molar-refractivity contribution in [2.75, 3.05) is 4.43 Å². The summed E-state index contributed by atoms with van der Waals surface area (Å²) in [6.45, 7) is 1.37. The fraction of sp³-hybridized carbons (Fsp3) is 0.414. The molecule has 0 spiro atoms. The van der Waals surface area contributed by atoms with Gasteiger partial charge in [-0.15, -0.1) is 0 Å². The number of alkyl halides is 3. The summed E-state index contributed by atoms with van der Waals surface area (Å²) < 4.78 is 0.199. The Bertz CT molecular complexity index is 1090. The van der Waals surface area contributed by atoms with Gasteiger partial charge in [0.1, 0.15) is 5.78 Å². The molecule has 0 N–H and O–H groups in total. The molecule has 2 aromatic rings. The van der Waals surface area contributed by atoms with Crippen LogP contribution in [0, 0.1) is 23.7 Å². The predicted octanol–water partition coefficient (Wildman–Crippen LogP) is 7.21. The van der Waals surface area contributed by atoms with Gasteiger partial charge in [-0.1, -0.05) is 123 Å². The van der Waals surface area contributed by atoms with E-state index in [0.717, 1.165) is 23.5 Å². The number of hydrogen-bond donors (Lipinski definition) is 0. The van der Waals surface area contributed by atoms with Gasteiger partial charge in [0.25, 0.3) is 0 Å². The molecule has 0 saturated heterocycles. The van der Waals surface area contributed by atoms with Crippen molar-refractivity contribution in [1.29, 1.82) is 0 Å². The van der Waals surface area contributed by atoms with E-state index in [4.69, 9.17) is 0 Å². The van der Waals surface area contributed by atoms with Gasteiger partial charge in [0.05, 0.1) is 14.3 Å². The average molecular weight is 806 g/mol. The lowest BCUT2D eigenvalue weighted by molar-refractivity contribution is -0.129. The molecular formula is C29H29I3O3. The SMILES string of the molecule is CC(=O)C(C(=O)CI)C(I)C(=O)c1ccc(C#Cc2ccc(CC(I)C3CCCCC3)cc2)cc1. The highest BCUT2D eigenvalue weighted by Crippen LogP contribution is 2.32. The number of benzene rings is 2. The molecule has 1 aliphatic carbocycles. The summed E-state index contributed by atoms with van der Waals surface area (Å²) in [6, 6.07) is 15.6. The summed E-state index contributed by atoms with van der Waals surface area (Å²) in [5, 5.41) is 0. The molecule has 3 atom stereocenters. The molecular weight excluding hydrogens is 777 g/mol. The van der Waals surface area contributed by atoms with Crippen molar-refractivity contribution in [3.8, 4) is 11.8 Å². The predicted molar refractivity (Wildman–Crippen MR) is 167 cm³/mol. The van der Waals surface area contributed by atoms with Gasteiger partial charge in [-0.25, -0.2) is 0 Å². The molecule has 0 bridgehead atoms. The molecule has 0 amide bonds. The first-order chi connectivity index (χ1) is 16.8. The van der Waals surface area contributed by atoms with E-state index in [1.54, 1.807) is 12.1 Å². The summed E-state index contributed by atoms with van der Waals surface area (Å²) in [4.78, 5) is 36.9. The van der Waals surface area contributed by atoms with Gasteiger partial charge in [-0.05, 0) is 61.9 Å². The van der Waals surface area contributed by atoms with Gasteiger partial charge in [0.2, 0.25) is 0 Å². The van der Waals surface area contributed by atoms with Crippen LogP contribution < -0.4 is 0 Å². The summed E-state index contributed by atoms with van der Waals surface area (Å²) in [6.07, 6.45) is 8.00. The maximum absolute atomic E-state index is 12.9. The van der Waals surface area contributed by atoms with E-state index >= 15 is 0 Å². The van der Waals surface area contributed by atoms with E-state index in [1.165, 1.54) is 44.6 Å². The van der Waals surface area contributed by atoms with Crippen LogP contribution in [0.1, 0.15) is 66.1 Å². The zero-order valence-corrected chi connectivity index (χ0v) is 26.2. The molecule has 0 aliphatic heterocycles. The second-order valence-electron chi connectivity index (χ2n) is 9.10. The highest BCUT2D eigenvalue weighted by molar-refractivity contribution is 14.1. The Morgan fingerprint density at radius 2 is 1.43 bits per heavy atom. The third kappa shape index (κ3) is 8.35. The number of Topliss-reactive ketones (excluding diaryl/α,β-unsaturated/α-hetero) is 3. The number of halogens is 3. The van der Waals surface area contributed by atoms with Crippen molar-refractivity contribution < 1.29 is 14.4 Å². The Morgan fingerprint density at radius 1 is 0.886 bits per heavy atom. The first-order valence-electron chi connectivity index (χ1n) is 11.9. The molecule has 1 saturated carbocycles. The van der Waals surface area contributed by atoms with E-state index in [9.17, 15) is 14.4 Å². The molecule has 2 aromatic carbocycles. The Morgan fingerprint density at radius 3 is 1.94 bits per heavy atom. The average Bonchev–Trinajstić information content (AvgIpc) is 2.88. The largest absolute Gasteiger partial charge is 0.299 e. The molecule has 1 aliphatic rings. The van der Waals surface area contributed by atoms with Gasteiger partial charge >= 0.3 is 0 Å². The molecule has 0 heterocycles. The van der Waals surface area contributed by atoms with Crippen LogP contribution in [0.4, 0.5) is 0 Å². The van der Waals surface area contributed by atoms with Crippen LogP contribution in [0.15, 0.2) is 48.5 Å². The fourth-order valence-corrected chi connectivity index (χ4v) is 7.43. The normalized spacial score (nSPS) is 16.5. The lowest BCUT2D eigenvalue weighted by Crippen LogP contribution is -2.36. The van der Waals surface area contributed by atoms with E-state index in [2.05, 4.69) is 58.7 Å². The van der Waals surface area contributed by atoms with E-state index in [0.29, 0.717) is 9.49 Å². The van der Waals surface area contributed by atoms with Crippen LogP contribution >= 0.6 is 67.8 Å². The van der Waals surface area contributed by atoms with Gasteiger partial charge in [0.15, 0.2) is 11.6 Å². The van der Waals surface area contributed by atoms with Crippen molar-refractivity contribution in [2.24, 2.45) is 11.8 Å². The molecule has 0 aromatic heterocycles. The fourth-order valence-electron chi connectivity index (χ4n) is 4.46. The van der Waals surface area contributed by atoms with Crippen LogP contribution in [-0.4, -0.2) is 29.6 Å². The van der Waals surface area contributed by atoms with Crippen LogP contribution in [0.3, 0.4) is 0 Å². The van der Waals surface area contributed by atoms with Crippen LogP contribution in [0.5, 0.6) is 0 Å². The Balaban J connectivity index is 1.61. The van der Waals surface area contributed by atoms with Crippen molar-refractivity contribution >= 4 is 85.1 Å². The minimum Gasteiger partial charge on any atom is -0.299 e. The standard InChI is InChI=1S/C29H29I3O3/c1-19(33)27(26(34)18-30)28(32)29(35)24-15-13-21(14-16-24)8-7-20-9-11-22(12-10-20)17-25(31)23-5-3-2-4-6-23/h9-16,23,25,27-28H,2-6,17-18H2,1H3. The molecule has 3 unspecified atom stereocenters. The summed E-state index contributed by atoms with van der Waals surface area (Å²) in [5.74, 6) is 5.64. The van der Waals surface area contributed by atoms with Crippen molar-refractivity contribution in [1.82, 2.24) is 0 Å². The van der Waals surface area contributed by atoms with Crippen LogP contribution in [0.2, 0.25) is 0 Å². The van der Waals surface area contributed by atoms with Gasteiger partial charge in [0, 0.05) is 20.6 Å². The number of hydrogen-bond acceptors (Lipinski definition) is 3.